The molecule has 5 heteroatoms. The number of benzene rings is 1. The number of para-hydroxylation sites is 1. The summed E-state index contributed by atoms with van der Waals surface area (Å²) in [5.74, 6) is 0. The predicted octanol–water partition coefficient (Wildman–Crippen LogP) is 2.50. The molecule has 0 aliphatic heterocycles. The molecule has 0 saturated carbocycles. The summed E-state index contributed by atoms with van der Waals surface area (Å²) in [6, 6.07) is 7.04. The van der Waals surface area contributed by atoms with Crippen molar-refractivity contribution in [2.75, 3.05) is 13.7 Å². The molecule has 1 rings (SSSR count). The van der Waals surface area contributed by atoms with E-state index in [1.807, 2.05) is 6.07 Å². The van der Waals surface area contributed by atoms with Gasteiger partial charge in [0.15, 0.2) is 0 Å². The zero-order valence-electron chi connectivity index (χ0n) is 10.9. The van der Waals surface area contributed by atoms with Crippen molar-refractivity contribution in [3.05, 3.63) is 39.9 Å². The summed E-state index contributed by atoms with van der Waals surface area (Å²) in [6.07, 6.45) is 2.05. The van der Waals surface area contributed by atoms with Gasteiger partial charge in [-0.25, -0.2) is 0 Å². The molecular weight excluding hydrogens is 232 g/mol. The topological polar surface area (TPSA) is 64.4 Å². The van der Waals surface area contributed by atoms with Gasteiger partial charge in [-0.3, -0.25) is 10.1 Å². The van der Waals surface area contributed by atoms with Crippen LogP contribution in [0.25, 0.3) is 0 Å². The molecule has 0 heterocycles. The van der Waals surface area contributed by atoms with E-state index in [4.69, 9.17) is 4.74 Å². The zero-order valence-corrected chi connectivity index (χ0v) is 10.9. The van der Waals surface area contributed by atoms with Gasteiger partial charge in [-0.2, -0.15) is 0 Å². The van der Waals surface area contributed by atoms with Crippen molar-refractivity contribution >= 4 is 5.69 Å². The second kappa shape index (κ2) is 7.79. The van der Waals surface area contributed by atoms with Crippen LogP contribution in [0.2, 0.25) is 0 Å². The maximum absolute atomic E-state index is 10.9. The first-order valence-electron chi connectivity index (χ1n) is 6.13. The molecule has 1 N–H and O–H groups in total. The Morgan fingerprint density at radius 2 is 2.17 bits per heavy atom. The molecule has 0 spiro atoms. The largest absolute Gasteiger partial charge is 0.383 e. The number of nitro benzene ring substituents is 1. The van der Waals surface area contributed by atoms with Gasteiger partial charge in [0.25, 0.3) is 5.69 Å². The van der Waals surface area contributed by atoms with Crippen LogP contribution in [0.15, 0.2) is 24.3 Å². The van der Waals surface area contributed by atoms with Gasteiger partial charge < -0.3 is 10.1 Å². The fraction of sp³-hybridized carbons (Fsp3) is 0.538. The number of hydrogen-bond acceptors (Lipinski definition) is 4. The fourth-order valence-electron chi connectivity index (χ4n) is 1.89. The lowest BCUT2D eigenvalue weighted by atomic mass is 10.1. The Hall–Kier alpha value is -1.46. The van der Waals surface area contributed by atoms with Gasteiger partial charge in [0.2, 0.25) is 0 Å². The average molecular weight is 252 g/mol. The monoisotopic (exact) mass is 252 g/mol. The van der Waals surface area contributed by atoms with Crippen LogP contribution in [0.4, 0.5) is 5.69 Å². The molecule has 0 aromatic heterocycles. The molecule has 0 fully saturated rings. The van der Waals surface area contributed by atoms with Crippen molar-refractivity contribution < 1.29 is 9.66 Å². The van der Waals surface area contributed by atoms with Gasteiger partial charge >= 0.3 is 0 Å². The van der Waals surface area contributed by atoms with E-state index < -0.39 is 0 Å². The maximum atomic E-state index is 10.9. The highest BCUT2D eigenvalue weighted by atomic mass is 16.6. The third kappa shape index (κ3) is 4.43. The number of hydrogen-bond donors (Lipinski definition) is 1. The number of methoxy groups -OCH3 is 1. The quantitative estimate of drug-likeness (QED) is 0.570. The second-order valence-electron chi connectivity index (χ2n) is 4.21. The minimum absolute atomic E-state index is 0.165. The van der Waals surface area contributed by atoms with Crippen LogP contribution >= 0.6 is 0 Å². The van der Waals surface area contributed by atoms with Crippen LogP contribution in [0.1, 0.15) is 25.3 Å². The minimum Gasteiger partial charge on any atom is -0.383 e. The summed E-state index contributed by atoms with van der Waals surface area (Å²) < 4.78 is 5.13. The van der Waals surface area contributed by atoms with Crippen molar-refractivity contribution in [1.82, 2.24) is 5.32 Å². The summed E-state index contributed by atoms with van der Waals surface area (Å²) in [7, 11) is 1.66. The molecule has 0 bridgehead atoms. The van der Waals surface area contributed by atoms with E-state index in [2.05, 4.69) is 12.2 Å². The van der Waals surface area contributed by atoms with Crippen LogP contribution in [-0.4, -0.2) is 24.7 Å². The highest BCUT2D eigenvalue weighted by molar-refractivity contribution is 5.39. The van der Waals surface area contributed by atoms with E-state index in [9.17, 15) is 10.1 Å². The van der Waals surface area contributed by atoms with E-state index in [1.165, 1.54) is 6.07 Å². The first-order chi connectivity index (χ1) is 8.69. The lowest BCUT2D eigenvalue weighted by Crippen LogP contribution is -2.32. The predicted molar refractivity (Wildman–Crippen MR) is 70.5 cm³/mol. The fourth-order valence-corrected chi connectivity index (χ4v) is 1.89. The Morgan fingerprint density at radius 3 is 2.78 bits per heavy atom. The average Bonchev–Trinajstić information content (AvgIpc) is 2.36. The number of nitrogens with one attached hydrogen (secondary N) is 1. The Labute approximate surface area is 107 Å². The van der Waals surface area contributed by atoms with Crippen molar-refractivity contribution in [2.24, 2.45) is 0 Å². The van der Waals surface area contributed by atoms with Crippen LogP contribution in [0, 0.1) is 10.1 Å². The Bertz CT molecular complexity index is 376. The van der Waals surface area contributed by atoms with Crippen LogP contribution < -0.4 is 5.32 Å². The molecule has 0 aliphatic carbocycles. The molecular formula is C13H20N2O3. The lowest BCUT2D eigenvalue weighted by Gasteiger charge is -2.17. The van der Waals surface area contributed by atoms with Crippen molar-refractivity contribution in [3.8, 4) is 0 Å². The van der Waals surface area contributed by atoms with E-state index in [-0.39, 0.29) is 16.7 Å². The van der Waals surface area contributed by atoms with Gasteiger partial charge in [0, 0.05) is 31.3 Å². The third-order valence-corrected chi connectivity index (χ3v) is 2.77. The summed E-state index contributed by atoms with van der Waals surface area (Å²) >= 11 is 0. The first kappa shape index (κ1) is 14.6. The smallest absolute Gasteiger partial charge is 0.273 e. The van der Waals surface area contributed by atoms with Crippen molar-refractivity contribution in [3.63, 3.8) is 0 Å². The van der Waals surface area contributed by atoms with Crippen LogP contribution in [0.3, 0.4) is 0 Å². The molecule has 0 saturated heterocycles. The standard InChI is InChI=1S/C13H20N2O3/c1-3-6-12(10-18-2)14-9-11-7-4-5-8-13(11)15(16)17/h4-5,7-8,12,14H,3,6,9-10H2,1-2H3. The molecule has 1 atom stereocenters. The van der Waals surface area contributed by atoms with Crippen molar-refractivity contribution in [1.29, 1.82) is 0 Å². The van der Waals surface area contributed by atoms with E-state index >= 15 is 0 Å². The van der Waals surface area contributed by atoms with Gasteiger partial charge in [-0.15, -0.1) is 0 Å². The molecule has 100 valence electrons. The normalized spacial score (nSPS) is 12.3. The Morgan fingerprint density at radius 1 is 1.44 bits per heavy atom. The minimum atomic E-state index is -0.345. The van der Waals surface area contributed by atoms with Gasteiger partial charge in [0.05, 0.1) is 11.5 Å². The SMILES string of the molecule is CCCC(COC)NCc1ccccc1[N+](=O)[O-]. The number of rotatable bonds is 8. The number of nitro groups is 1. The van der Waals surface area contributed by atoms with E-state index in [1.54, 1.807) is 19.2 Å². The molecule has 0 aliphatic rings. The van der Waals surface area contributed by atoms with Crippen LogP contribution in [-0.2, 0) is 11.3 Å². The van der Waals surface area contributed by atoms with E-state index in [0.29, 0.717) is 18.7 Å². The molecule has 1 aromatic carbocycles. The Kier molecular flexibility index (Phi) is 6.32. The number of ether oxygens (including phenoxy) is 1. The van der Waals surface area contributed by atoms with E-state index in [0.717, 1.165) is 12.8 Å². The zero-order chi connectivity index (χ0) is 13.4. The highest BCUT2D eigenvalue weighted by Gasteiger charge is 2.13. The number of nitrogens with zero attached hydrogens (tertiary/aromatic N) is 1. The molecule has 5 nitrogen and oxygen atoms in total. The molecule has 0 radical (unpaired) electrons. The third-order valence-electron chi connectivity index (χ3n) is 2.77. The summed E-state index contributed by atoms with van der Waals surface area (Å²) in [5.41, 5.74) is 0.873. The molecule has 1 aromatic rings. The molecule has 18 heavy (non-hydrogen) atoms. The summed E-state index contributed by atoms with van der Waals surface area (Å²) in [6.45, 7) is 3.22. The van der Waals surface area contributed by atoms with Crippen LogP contribution in [0.5, 0.6) is 0 Å². The highest BCUT2D eigenvalue weighted by Crippen LogP contribution is 2.17. The summed E-state index contributed by atoms with van der Waals surface area (Å²) in [4.78, 5) is 10.5. The van der Waals surface area contributed by atoms with Crippen molar-refractivity contribution in [2.45, 2.75) is 32.4 Å². The van der Waals surface area contributed by atoms with Gasteiger partial charge in [-0.05, 0) is 6.42 Å². The van der Waals surface area contributed by atoms with Gasteiger partial charge in [-0.1, -0.05) is 31.5 Å². The summed E-state index contributed by atoms with van der Waals surface area (Å²) in [5, 5.41) is 14.2. The maximum Gasteiger partial charge on any atom is 0.273 e. The first-order valence-corrected chi connectivity index (χ1v) is 6.13. The molecule has 1 unspecified atom stereocenters. The second-order valence-corrected chi connectivity index (χ2v) is 4.21. The Balaban J connectivity index is 2.63. The molecule has 0 amide bonds. The lowest BCUT2D eigenvalue weighted by molar-refractivity contribution is -0.385. The van der Waals surface area contributed by atoms with Gasteiger partial charge in [0.1, 0.15) is 0 Å².